The van der Waals surface area contributed by atoms with Crippen LogP contribution in [0.2, 0.25) is 0 Å². The molecular weight excluding hydrogens is 398 g/mol. The molecule has 30 heavy (non-hydrogen) atoms. The Labute approximate surface area is 177 Å². The number of hydrogen-bond donors (Lipinski definition) is 0. The molecule has 1 atom stereocenters. The first kappa shape index (κ1) is 20.6. The fraction of sp³-hybridized carbons (Fsp3) is 0.391. The van der Waals surface area contributed by atoms with Gasteiger partial charge in [-0.2, -0.15) is 5.10 Å². The summed E-state index contributed by atoms with van der Waals surface area (Å²) in [6, 6.07) is 14.0. The fourth-order valence-electron chi connectivity index (χ4n) is 4.32. The van der Waals surface area contributed by atoms with E-state index in [1.165, 1.54) is 0 Å². The van der Waals surface area contributed by atoms with Gasteiger partial charge in [-0.05, 0) is 36.6 Å². The van der Waals surface area contributed by atoms with Crippen molar-refractivity contribution >= 4 is 26.5 Å². The van der Waals surface area contributed by atoms with Gasteiger partial charge in [-0.15, -0.1) is 0 Å². The molecule has 2 aromatic carbocycles. The molecular formula is C23H27N3O3S. The minimum atomic E-state index is -2.98. The van der Waals surface area contributed by atoms with Crippen molar-refractivity contribution in [3.63, 3.8) is 0 Å². The van der Waals surface area contributed by atoms with Gasteiger partial charge >= 0.3 is 0 Å². The molecule has 0 aliphatic carbocycles. The first-order valence-electron chi connectivity index (χ1n) is 10.2. The zero-order valence-electron chi connectivity index (χ0n) is 17.6. The van der Waals surface area contributed by atoms with Crippen LogP contribution in [0.5, 0.6) is 0 Å². The minimum Gasteiger partial charge on any atom is -0.341 e. The van der Waals surface area contributed by atoms with Gasteiger partial charge in [-0.3, -0.25) is 9.48 Å². The lowest BCUT2D eigenvalue weighted by atomic mass is 10.0. The molecule has 4 rings (SSSR count). The average molecular weight is 426 g/mol. The number of carbonyl (C=O) groups excluding carboxylic acids is 1. The summed E-state index contributed by atoms with van der Waals surface area (Å²) in [6.45, 7) is 4.34. The highest BCUT2D eigenvalue weighted by Crippen LogP contribution is 2.27. The largest absolute Gasteiger partial charge is 0.341 e. The van der Waals surface area contributed by atoms with Gasteiger partial charge < -0.3 is 4.90 Å². The molecule has 0 spiro atoms. The highest BCUT2D eigenvalue weighted by atomic mass is 32.2. The van der Waals surface area contributed by atoms with Crippen molar-refractivity contribution in [3.8, 4) is 0 Å². The van der Waals surface area contributed by atoms with Crippen LogP contribution in [-0.4, -0.2) is 47.6 Å². The van der Waals surface area contributed by atoms with Crippen molar-refractivity contribution in [1.29, 1.82) is 0 Å². The summed E-state index contributed by atoms with van der Waals surface area (Å²) in [4.78, 5) is 14.7. The summed E-state index contributed by atoms with van der Waals surface area (Å²) in [5, 5.41) is 6.84. The van der Waals surface area contributed by atoms with Crippen LogP contribution in [0, 0.1) is 13.8 Å². The number of aromatic nitrogens is 2. The second-order valence-electron chi connectivity index (χ2n) is 8.22. The van der Waals surface area contributed by atoms with Crippen LogP contribution < -0.4 is 0 Å². The van der Waals surface area contributed by atoms with Crippen LogP contribution in [0.25, 0.3) is 10.8 Å². The molecule has 1 saturated heterocycles. The topological polar surface area (TPSA) is 72.3 Å². The smallest absolute Gasteiger partial charge is 0.227 e. The van der Waals surface area contributed by atoms with E-state index in [4.69, 9.17) is 0 Å². The Balaban J connectivity index is 1.51. The third-order valence-corrected chi connectivity index (χ3v) is 7.82. The number of hydrogen-bond acceptors (Lipinski definition) is 4. The van der Waals surface area contributed by atoms with Crippen LogP contribution >= 0.6 is 0 Å². The molecule has 3 aromatic rings. The molecule has 1 amide bonds. The zero-order chi connectivity index (χ0) is 21.5. The van der Waals surface area contributed by atoms with Crippen molar-refractivity contribution < 1.29 is 13.2 Å². The Morgan fingerprint density at radius 1 is 1.17 bits per heavy atom. The Morgan fingerprint density at radius 3 is 2.63 bits per heavy atom. The molecule has 0 bridgehead atoms. The number of amides is 1. The molecule has 0 radical (unpaired) electrons. The molecule has 1 aromatic heterocycles. The monoisotopic (exact) mass is 425 g/mol. The lowest BCUT2D eigenvalue weighted by Crippen LogP contribution is -2.28. The van der Waals surface area contributed by atoms with Gasteiger partial charge in [0.25, 0.3) is 0 Å². The Bertz CT molecular complexity index is 1210. The molecule has 7 heteroatoms. The first-order chi connectivity index (χ1) is 14.2. The van der Waals surface area contributed by atoms with Gasteiger partial charge in [-0.25, -0.2) is 8.42 Å². The van der Waals surface area contributed by atoms with E-state index in [9.17, 15) is 13.2 Å². The number of rotatable bonds is 5. The molecule has 6 nitrogen and oxygen atoms in total. The maximum atomic E-state index is 13.0. The quantitative estimate of drug-likeness (QED) is 0.629. The third-order valence-electron chi connectivity index (χ3n) is 6.07. The van der Waals surface area contributed by atoms with Crippen LogP contribution in [0.3, 0.4) is 0 Å². The standard InChI is InChI=1S/C23H27N3O3S/c1-16-22(17(2)26(24-16)20-11-12-30(28,29)15-20)14-25(3)23(27)13-19-9-6-8-18-7-4-5-10-21(18)19/h4-10,20H,11-15H2,1-3H3. The lowest BCUT2D eigenvalue weighted by molar-refractivity contribution is -0.129. The Kier molecular flexibility index (Phi) is 5.40. The van der Waals surface area contributed by atoms with E-state index in [0.29, 0.717) is 19.4 Å². The first-order valence-corrected chi connectivity index (χ1v) is 12.0. The minimum absolute atomic E-state index is 0.0429. The summed E-state index contributed by atoms with van der Waals surface area (Å²) in [7, 11) is -1.17. The molecule has 0 saturated carbocycles. The summed E-state index contributed by atoms with van der Waals surface area (Å²) in [5.74, 6) is 0.403. The summed E-state index contributed by atoms with van der Waals surface area (Å²) < 4.78 is 25.6. The predicted molar refractivity (Wildman–Crippen MR) is 118 cm³/mol. The van der Waals surface area contributed by atoms with Crippen molar-refractivity contribution in [2.45, 2.75) is 39.3 Å². The number of carbonyl (C=O) groups is 1. The Hall–Kier alpha value is -2.67. The van der Waals surface area contributed by atoms with Gasteiger partial charge in [-0.1, -0.05) is 42.5 Å². The maximum absolute atomic E-state index is 13.0. The lowest BCUT2D eigenvalue weighted by Gasteiger charge is -2.19. The molecule has 2 heterocycles. The van der Waals surface area contributed by atoms with Crippen LogP contribution in [0.1, 0.15) is 35.0 Å². The maximum Gasteiger partial charge on any atom is 0.227 e. The van der Waals surface area contributed by atoms with Crippen molar-refractivity contribution in [2.75, 3.05) is 18.6 Å². The van der Waals surface area contributed by atoms with Gasteiger partial charge in [0.1, 0.15) is 0 Å². The number of benzene rings is 2. The number of sulfone groups is 1. The molecule has 1 fully saturated rings. The Morgan fingerprint density at radius 2 is 1.90 bits per heavy atom. The third kappa shape index (κ3) is 3.99. The normalized spacial score (nSPS) is 18.0. The van der Waals surface area contributed by atoms with E-state index in [-0.39, 0.29) is 23.5 Å². The van der Waals surface area contributed by atoms with Crippen LogP contribution in [0.4, 0.5) is 0 Å². The van der Waals surface area contributed by atoms with Crippen LogP contribution in [0.15, 0.2) is 42.5 Å². The van der Waals surface area contributed by atoms with Gasteiger partial charge in [0.15, 0.2) is 9.84 Å². The van der Waals surface area contributed by atoms with E-state index >= 15 is 0 Å². The van der Waals surface area contributed by atoms with Crippen molar-refractivity contribution in [1.82, 2.24) is 14.7 Å². The molecule has 1 unspecified atom stereocenters. The molecule has 1 aliphatic rings. The molecule has 0 N–H and O–H groups in total. The van der Waals surface area contributed by atoms with E-state index in [2.05, 4.69) is 17.2 Å². The predicted octanol–water partition coefficient (Wildman–Crippen LogP) is 3.21. The molecule has 1 aliphatic heterocycles. The van der Waals surface area contributed by atoms with Crippen molar-refractivity contribution in [2.24, 2.45) is 0 Å². The fourth-order valence-corrected chi connectivity index (χ4v) is 6.01. The highest BCUT2D eigenvalue weighted by Gasteiger charge is 2.31. The van der Waals surface area contributed by atoms with E-state index in [1.807, 2.05) is 55.9 Å². The van der Waals surface area contributed by atoms with Crippen LogP contribution in [-0.2, 0) is 27.6 Å². The van der Waals surface area contributed by atoms with Gasteiger partial charge in [0.05, 0.1) is 29.7 Å². The SMILES string of the molecule is Cc1nn(C2CCS(=O)(=O)C2)c(C)c1CN(C)C(=O)Cc1cccc2ccccc12. The average Bonchev–Trinajstić information content (AvgIpc) is 3.21. The number of nitrogens with zero attached hydrogens (tertiary/aromatic N) is 3. The molecule has 158 valence electrons. The number of aryl methyl sites for hydroxylation is 1. The number of likely N-dealkylation sites (N-methyl/N-ethyl adjacent to an activating group) is 1. The van der Waals surface area contributed by atoms with Crippen molar-refractivity contribution in [3.05, 3.63) is 65.0 Å². The highest BCUT2D eigenvalue weighted by molar-refractivity contribution is 7.91. The van der Waals surface area contributed by atoms with E-state index in [0.717, 1.165) is 33.3 Å². The zero-order valence-corrected chi connectivity index (χ0v) is 18.4. The summed E-state index contributed by atoms with van der Waals surface area (Å²) in [6.07, 6.45) is 0.935. The number of fused-ring (bicyclic) bond motifs is 1. The van der Waals surface area contributed by atoms with E-state index in [1.54, 1.807) is 4.90 Å². The van der Waals surface area contributed by atoms with Gasteiger partial charge in [0, 0.05) is 24.8 Å². The second-order valence-corrected chi connectivity index (χ2v) is 10.4. The summed E-state index contributed by atoms with van der Waals surface area (Å²) >= 11 is 0. The van der Waals surface area contributed by atoms with E-state index < -0.39 is 9.84 Å². The van der Waals surface area contributed by atoms with Gasteiger partial charge in [0.2, 0.25) is 5.91 Å². The second kappa shape index (κ2) is 7.87. The summed E-state index contributed by atoms with van der Waals surface area (Å²) in [5.41, 5.74) is 3.80.